The van der Waals surface area contributed by atoms with Crippen LogP contribution in [0.15, 0.2) is 113 Å². The van der Waals surface area contributed by atoms with Crippen LogP contribution >= 0.6 is 0 Å². The van der Waals surface area contributed by atoms with Gasteiger partial charge in [0.15, 0.2) is 5.36 Å². The molecule has 54 heavy (non-hydrogen) atoms. The van der Waals surface area contributed by atoms with Gasteiger partial charge in [-0.3, -0.25) is 50.9 Å². The van der Waals surface area contributed by atoms with Gasteiger partial charge in [-0.2, -0.15) is 15.3 Å². The minimum Gasteiger partial charge on any atom is -0.744 e. The van der Waals surface area contributed by atoms with Crippen LogP contribution in [0.4, 0.5) is 22.7 Å². The van der Waals surface area contributed by atoms with Gasteiger partial charge < -0.3 is 14.2 Å². The first-order chi connectivity index (χ1) is 24.3. The molecule has 0 aromatic heterocycles. The van der Waals surface area contributed by atoms with E-state index < -0.39 is 101 Å². The normalized spacial score (nSPS) is 14.2. The monoisotopic (exact) mass is 798 g/mol. The summed E-state index contributed by atoms with van der Waals surface area (Å²) in [5.74, 6) is -1.82. The minimum atomic E-state index is -5.26. The molecular weight excluding hydrogens is 782 g/mol. The molecule has 1 aliphatic carbocycles. The van der Waals surface area contributed by atoms with Crippen molar-refractivity contribution in [3.8, 4) is 5.75 Å². The molecule has 5 rings (SSSR count). The van der Waals surface area contributed by atoms with Gasteiger partial charge in [-0.15, -0.1) is 0 Å². The number of nitro groups is 2. The zero-order valence-corrected chi connectivity index (χ0v) is 32.9. The molecule has 0 bridgehead atoms. The Labute approximate surface area is 344 Å². The largest absolute Gasteiger partial charge is 1.00 e. The van der Waals surface area contributed by atoms with Crippen molar-refractivity contribution < 1.29 is 105 Å². The number of fused-ring (bicyclic) bond motifs is 1. The predicted octanol–water partition coefficient (Wildman–Crippen LogP) is -6.21. The van der Waals surface area contributed by atoms with E-state index in [4.69, 9.17) is 0 Å². The fourth-order valence-electron chi connectivity index (χ4n) is 4.43. The van der Waals surface area contributed by atoms with E-state index in [1.54, 1.807) is 0 Å². The number of nitrogens with zero attached hydrogens (tertiary/aromatic N) is 5. The van der Waals surface area contributed by atoms with Gasteiger partial charge in [0.25, 0.3) is 11.4 Å². The van der Waals surface area contributed by atoms with E-state index in [1.807, 2.05) is 0 Å². The maximum atomic E-state index is 13.4. The molecule has 22 nitrogen and oxygen atoms in total. The number of rotatable bonds is 10. The third-order valence-corrected chi connectivity index (χ3v) is 8.49. The van der Waals surface area contributed by atoms with Gasteiger partial charge in [0.05, 0.1) is 37.1 Å². The molecule has 0 aliphatic heterocycles. The summed E-state index contributed by atoms with van der Waals surface area (Å²) < 4.78 is 70.4. The Morgan fingerprint density at radius 1 is 0.685 bits per heavy atom. The van der Waals surface area contributed by atoms with Crippen molar-refractivity contribution in [3.63, 3.8) is 0 Å². The van der Waals surface area contributed by atoms with E-state index in [2.05, 4.69) is 31.6 Å². The standard InChI is InChI=1S/C28H18N8O14S2.2Na/c37-23-9-16(36(43)44)5-6-19(23)30-32-21-12-22(28(40)26(27(21)39)34-29-14-1-3-15(4-2-14)35(41)42)33-31-20-10-17(51(45,46)47)7-13-8-18(52(48,49)50)11-24(38)25(13)20;;/h1-12,29,31-32,38H,(H,45,46,47)(H,48,49,50);;/q;2*+1/p-2/b30-19+,33-22+,34-26-;;. The quantitative estimate of drug-likeness (QED) is 0.0381. The smallest absolute Gasteiger partial charge is 0.744 e. The summed E-state index contributed by atoms with van der Waals surface area (Å²) >= 11 is 0. The third kappa shape index (κ3) is 9.74. The van der Waals surface area contributed by atoms with Crippen molar-refractivity contribution in [2.45, 2.75) is 9.79 Å². The Bertz CT molecular complexity index is 2800. The number of ketones is 1. The molecular formula is C28H16N8Na2O14S2. The Hall–Kier alpha value is -5.02. The number of nitrogens with one attached hydrogen (secondary N) is 3. The number of carbonyl (C=O) groups is 1. The van der Waals surface area contributed by atoms with Crippen molar-refractivity contribution in [1.29, 1.82) is 0 Å². The van der Waals surface area contributed by atoms with Crippen LogP contribution in [0.3, 0.4) is 0 Å². The molecule has 4 aromatic carbocycles. The molecule has 0 fully saturated rings. The Morgan fingerprint density at radius 3 is 1.83 bits per heavy atom. The van der Waals surface area contributed by atoms with Crippen LogP contribution in [0.5, 0.6) is 5.75 Å². The third-order valence-electron chi connectivity index (χ3n) is 6.86. The minimum absolute atomic E-state index is 0. The second-order valence-corrected chi connectivity index (χ2v) is 13.0. The molecule has 26 heteroatoms. The molecule has 4 N–H and O–H groups in total. The summed E-state index contributed by atoms with van der Waals surface area (Å²) in [6, 6.07) is 7.93. The molecule has 0 radical (unpaired) electrons. The second-order valence-electron chi connectivity index (χ2n) is 10.3. The van der Waals surface area contributed by atoms with Crippen molar-refractivity contribution in [1.82, 2.24) is 0 Å². The van der Waals surface area contributed by atoms with Gasteiger partial charge in [-0.25, -0.2) is 16.8 Å². The van der Waals surface area contributed by atoms with E-state index in [-0.39, 0.29) is 75.9 Å². The molecule has 266 valence electrons. The first-order valence-electron chi connectivity index (χ1n) is 13.7. The average molecular weight is 799 g/mol. The van der Waals surface area contributed by atoms with Gasteiger partial charge in [0, 0.05) is 23.6 Å². The first-order valence-corrected chi connectivity index (χ1v) is 16.5. The number of phenolic OH excluding ortho intramolecular Hbond substituents is 1. The Morgan fingerprint density at radius 2 is 1.28 bits per heavy atom. The summed E-state index contributed by atoms with van der Waals surface area (Å²) in [5.41, 5.74) is 2.25. The number of hydrogen-bond acceptors (Lipinski definition) is 20. The number of benzene rings is 4. The molecule has 0 saturated carbocycles. The zero-order chi connectivity index (χ0) is 38.1. The average Bonchev–Trinajstić information content (AvgIpc) is 3.06. The van der Waals surface area contributed by atoms with E-state index >= 15 is 0 Å². The molecule has 0 heterocycles. The van der Waals surface area contributed by atoms with Crippen LogP contribution in [0.2, 0.25) is 0 Å². The summed E-state index contributed by atoms with van der Waals surface area (Å²) in [5, 5.41) is 41.5. The van der Waals surface area contributed by atoms with Gasteiger partial charge in [-0.05, 0) is 53.9 Å². The van der Waals surface area contributed by atoms with Crippen LogP contribution in [-0.4, -0.2) is 52.4 Å². The fourth-order valence-corrected chi connectivity index (χ4v) is 5.49. The first kappa shape index (κ1) is 43.4. The van der Waals surface area contributed by atoms with Gasteiger partial charge in [0.1, 0.15) is 42.7 Å². The molecule has 4 aromatic rings. The van der Waals surface area contributed by atoms with Crippen molar-refractivity contribution in [2.75, 3.05) is 16.3 Å². The summed E-state index contributed by atoms with van der Waals surface area (Å²) in [6.07, 6.45) is 2.57. The van der Waals surface area contributed by atoms with Crippen molar-refractivity contribution >= 4 is 65.3 Å². The van der Waals surface area contributed by atoms with E-state index in [1.165, 1.54) is 12.1 Å². The van der Waals surface area contributed by atoms with Crippen LogP contribution in [-0.2, 0) is 25.0 Å². The van der Waals surface area contributed by atoms with E-state index in [0.717, 1.165) is 30.4 Å². The summed E-state index contributed by atoms with van der Waals surface area (Å²) in [7, 11) is -10.4. The topological polar surface area (TPSA) is 345 Å². The van der Waals surface area contributed by atoms with Crippen LogP contribution in [0, 0.1) is 20.2 Å². The van der Waals surface area contributed by atoms with Gasteiger partial charge in [-0.1, -0.05) is 0 Å². The van der Waals surface area contributed by atoms with Crippen LogP contribution < -0.4 is 97.0 Å². The molecule has 0 atom stereocenters. The Balaban J connectivity index is 0.00000392. The SMILES string of the molecule is O=C1C=C([N+](=O)[O-])C=C/C1=N\Nc1c/c(=N\Nc2cc(S(=O)(=O)[O-])cc3cc(S(=O)(=O)[O-])cc(O)c23)c(=O)/c(=N\Nc2ccc([N+](=O)[O-])cc2)c1=O.[Na+].[Na+]. The number of aromatic hydroxyl groups is 1. The number of carbonyl (C=O) groups excluding carboxylic acids is 1. The molecule has 0 spiro atoms. The number of non-ortho nitro benzene ring substituents is 1. The van der Waals surface area contributed by atoms with E-state index in [0.29, 0.717) is 30.3 Å². The zero-order valence-electron chi connectivity index (χ0n) is 27.2. The second kappa shape index (κ2) is 17.0. The van der Waals surface area contributed by atoms with E-state index in [9.17, 15) is 65.7 Å². The number of allylic oxidation sites excluding steroid dienone is 3. The number of hydrogen-bond donors (Lipinski definition) is 4. The number of nitro benzene ring substituents is 1. The van der Waals surface area contributed by atoms with Gasteiger partial charge in [0.2, 0.25) is 16.6 Å². The fraction of sp³-hybridized carbons (Fsp3) is 0. The maximum absolute atomic E-state index is 13.4. The number of hydrazone groups is 1. The predicted molar refractivity (Wildman–Crippen MR) is 175 cm³/mol. The van der Waals surface area contributed by atoms with Gasteiger partial charge >= 0.3 is 59.1 Å². The van der Waals surface area contributed by atoms with Crippen LogP contribution in [0.1, 0.15) is 0 Å². The summed E-state index contributed by atoms with van der Waals surface area (Å²) in [6.45, 7) is 0. The van der Waals surface area contributed by atoms with Crippen molar-refractivity contribution in [3.05, 3.63) is 130 Å². The number of anilines is 3. The molecule has 1 aliphatic rings. The Kier molecular flexibility index (Phi) is 13.6. The molecule has 0 amide bonds. The molecule has 0 saturated heterocycles. The number of phenols is 1. The van der Waals surface area contributed by atoms with Crippen LogP contribution in [0.25, 0.3) is 10.8 Å². The summed E-state index contributed by atoms with van der Waals surface area (Å²) in [4.78, 5) is 57.6. The maximum Gasteiger partial charge on any atom is 1.00 e. The van der Waals surface area contributed by atoms with Crippen molar-refractivity contribution in [2.24, 2.45) is 15.3 Å². The molecule has 0 unspecified atom stereocenters.